The van der Waals surface area contributed by atoms with E-state index in [4.69, 9.17) is 10.4 Å². The van der Waals surface area contributed by atoms with Crippen LogP contribution in [0, 0.1) is 11.3 Å². The quantitative estimate of drug-likeness (QED) is 0.687. The van der Waals surface area contributed by atoms with E-state index in [1.807, 2.05) is 13.0 Å². The Balaban J connectivity index is 4.65. The fourth-order valence-corrected chi connectivity index (χ4v) is 1.03. The molecule has 0 aromatic carbocycles. The molecule has 2 N–H and O–H groups in total. The molecular weight excluding hydrogens is 208 g/mol. The number of carbonyl (C=O) groups excluding carboxylic acids is 1. The first-order valence-electron chi connectivity index (χ1n) is 5.02. The first-order chi connectivity index (χ1) is 7.43. The number of hydrogen-bond donors (Lipinski definition) is 2. The van der Waals surface area contributed by atoms with Gasteiger partial charge >= 0.3 is 5.97 Å². The molecule has 0 rings (SSSR count). The van der Waals surface area contributed by atoms with Gasteiger partial charge in [0.15, 0.2) is 0 Å². The number of nitrogens with one attached hydrogen (secondary N) is 1. The summed E-state index contributed by atoms with van der Waals surface area (Å²) in [5.74, 6) is -1.54. The highest BCUT2D eigenvalue weighted by molar-refractivity contribution is 6.01. The SMILES string of the molecule is CCC(CC#N)NC(=O)C(C)=C(C)C(=O)O. The first-order valence-corrected chi connectivity index (χ1v) is 5.02. The summed E-state index contributed by atoms with van der Waals surface area (Å²) in [6, 6.07) is 1.74. The Morgan fingerprint density at radius 1 is 1.38 bits per heavy atom. The maximum absolute atomic E-state index is 11.6. The maximum atomic E-state index is 11.6. The molecule has 1 unspecified atom stereocenters. The van der Waals surface area contributed by atoms with Crippen molar-refractivity contribution in [3.05, 3.63) is 11.1 Å². The second-order valence-electron chi connectivity index (χ2n) is 3.50. The Bertz CT molecular complexity index is 353. The summed E-state index contributed by atoms with van der Waals surface area (Å²) >= 11 is 0. The lowest BCUT2D eigenvalue weighted by molar-refractivity contribution is -0.133. The van der Waals surface area contributed by atoms with E-state index >= 15 is 0 Å². The number of carboxylic acid groups (broad SMARTS) is 1. The standard InChI is InChI=1S/C11H16N2O3/c1-4-9(5-6-12)13-10(14)7(2)8(3)11(15)16/h9H,4-5H2,1-3H3,(H,13,14)(H,15,16). The van der Waals surface area contributed by atoms with Gasteiger partial charge < -0.3 is 10.4 Å². The van der Waals surface area contributed by atoms with Crippen molar-refractivity contribution < 1.29 is 14.7 Å². The van der Waals surface area contributed by atoms with Crippen molar-refractivity contribution in [1.29, 1.82) is 5.26 Å². The predicted octanol–water partition coefficient (Wildman–Crippen LogP) is 1.22. The van der Waals surface area contributed by atoms with E-state index < -0.39 is 11.9 Å². The van der Waals surface area contributed by atoms with E-state index in [-0.39, 0.29) is 23.6 Å². The molecule has 0 aliphatic carbocycles. The van der Waals surface area contributed by atoms with E-state index in [1.165, 1.54) is 13.8 Å². The molecule has 0 fully saturated rings. The molecule has 5 nitrogen and oxygen atoms in total. The summed E-state index contributed by atoms with van der Waals surface area (Å²) in [6.07, 6.45) is 0.861. The zero-order valence-corrected chi connectivity index (χ0v) is 9.70. The van der Waals surface area contributed by atoms with E-state index in [0.717, 1.165) is 0 Å². The highest BCUT2D eigenvalue weighted by Crippen LogP contribution is 2.05. The van der Waals surface area contributed by atoms with Crippen LogP contribution in [-0.4, -0.2) is 23.0 Å². The second kappa shape index (κ2) is 6.62. The fourth-order valence-electron chi connectivity index (χ4n) is 1.03. The Morgan fingerprint density at radius 2 is 1.94 bits per heavy atom. The molecular formula is C11H16N2O3. The molecule has 0 saturated heterocycles. The topological polar surface area (TPSA) is 90.2 Å². The number of carbonyl (C=O) groups is 2. The minimum absolute atomic E-state index is 0.0179. The molecule has 0 radical (unpaired) electrons. The van der Waals surface area contributed by atoms with Gasteiger partial charge in [0.25, 0.3) is 0 Å². The number of nitrogens with zero attached hydrogens (tertiary/aromatic N) is 1. The molecule has 0 aromatic rings. The molecule has 0 aliphatic heterocycles. The molecule has 0 aliphatic rings. The lowest BCUT2D eigenvalue weighted by Gasteiger charge is -2.14. The Kier molecular flexibility index (Phi) is 5.86. The third-order valence-electron chi connectivity index (χ3n) is 2.39. The lowest BCUT2D eigenvalue weighted by atomic mass is 10.1. The number of nitriles is 1. The Labute approximate surface area is 94.8 Å². The minimum atomic E-state index is -1.11. The molecule has 0 aromatic heterocycles. The van der Waals surface area contributed by atoms with Crippen LogP contribution in [0.5, 0.6) is 0 Å². The van der Waals surface area contributed by atoms with Crippen LogP contribution < -0.4 is 5.32 Å². The van der Waals surface area contributed by atoms with E-state index in [1.54, 1.807) is 0 Å². The molecule has 88 valence electrons. The average Bonchev–Trinajstić information content (AvgIpc) is 2.25. The highest BCUT2D eigenvalue weighted by atomic mass is 16.4. The molecule has 1 amide bonds. The van der Waals surface area contributed by atoms with Crippen molar-refractivity contribution in [1.82, 2.24) is 5.32 Å². The summed E-state index contributed by atoms with van der Waals surface area (Å²) in [5, 5.41) is 19.8. The first kappa shape index (κ1) is 14.2. The van der Waals surface area contributed by atoms with Gasteiger partial charge in [-0.25, -0.2) is 4.79 Å². The zero-order chi connectivity index (χ0) is 12.7. The van der Waals surface area contributed by atoms with Crippen LogP contribution in [0.3, 0.4) is 0 Å². The van der Waals surface area contributed by atoms with Gasteiger partial charge in [0.2, 0.25) is 5.91 Å². The van der Waals surface area contributed by atoms with Crippen molar-refractivity contribution in [2.24, 2.45) is 0 Å². The van der Waals surface area contributed by atoms with Crippen molar-refractivity contribution in [3.8, 4) is 6.07 Å². The molecule has 0 saturated carbocycles. The van der Waals surface area contributed by atoms with Crippen LogP contribution in [0.15, 0.2) is 11.1 Å². The van der Waals surface area contributed by atoms with Crippen LogP contribution in [0.1, 0.15) is 33.6 Å². The molecule has 0 heterocycles. The van der Waals surface area contributed by atoms with Crippen LogP contribution in [0.2, 0.25) is 0 Å². The molecule has 0 spiro atoms. The van der Waals surface area contributed by atoms with Crippen molar-refractivity contribution >= 4 is 11.9 Å². The van der Waals surface area contributed by atoms with Gasteiger partial charge in [0, 0.05) is 17.2 Å². The van der Waals surface area contributed by atoms with Gasteiger partial charge in [0.05, 0.1) is 12.5 Å². The van der Waals surface area contributed by atoms with Gasteiger partial charge in [-0.3, -0.25) is 4.79 Å². The summed E-state index contributed by atoms with van der Waals surface area (Å²) in [6.45, 7) is 4.69. The van der Waals surface area contributed by atoms with E-state index in [2.05, 4.69) is 5.32 Å². The Hall–Kier alpha value is -1.83. The van der Waals surface area contributed by atoms with Gasteiger partial charge in [-0.1, -0.05) is 6.92 Å². The summed E-state index contributed by atoms with van der Waals surface area (Å²) < 4.78 is 0. The summed E-state index contributed by atoms with van der Waals surface area (Å²) in [5.41, 5.74) is 0.188. The zero-order valence-electron chi connectivity index (χ0n) is 9.70. The lowest BCUT2D eigenvalue weighted by Crippen LogP contribution is -2.35. The van der Waals surface area contributed by atoms with Gasteiger partial charge in [-0.15, -0.1) is 0 Å². The van der Waals surface area contributed by atoms with Gasteiger partial charge in [0.1, 0.15) is 0 Å². The number of amides is 1. The third-order valence-corrected chi connectivity index (χ3v) is 2.39. The number of aliphatic carboxylic acids is 1. The van der Waals surface area contributed by atoms with E-state index in [9.17, 15) is 9.59 Å². The van der Waals surface area contributed by atoms with Crippen molar-refractivity contribution in [2.75, 3.05) is 0 Å². The van der Waals surface area contributed by atoms with Gasteiger partial charge in [-0.05, 0) is 20.3 Å². The average molecular weight is 224 g/mol. The van der Waals surface area contributed by atoms with E-state index in [0.29, 0.717) is 6.42 Å². The van der Waals surface area contributed by atoms with Crippen LogP contribution in [-0.2, 0) is 9.59 Å². The second-order valence-corrected chi connectivity index (χ2v) is 3.50. The monoisotopic (exact) mass is 224 g/mol. The van der Waals surface area contributed by atoms with Crippen LogP contribution in [0.4, 0.5) is 0 Å². The minimum Gasteiger partial charge on any atom is -0.478 e. The number of carboxylic acids is 1. The van der Waals surface area contributed by atoms with Crippen LogP contribution in [0.25, 0.3) is 0 Å². The normalized spacial score (nSPS) is 13.4. The Morgan fingerprint density at radius 3 is 2.31 bits per heavy atom. The largest absolute Gasteiger partial charge is 0.478 e. The summed E-state index contributed by atoms with van der Waals surface area (Å²) in [7, 11) is 0. The van der Waals surface area contributed by atoms with Crippen molar-refractivity contribution in [3.63, 3.8) is 0 Å². The van der Waals surface area contributed by atoms with Crippen LogP contribution >= 0.6 is 0 Å². The number of hydrogen-bond acceptors (Lipinski definition) is 3. The van der Waals surface area contributed by atoms with Gasteiger partial charge in [-0.2, -0.15) is 5.26 Å². The summed E-state index contributed by atoms with van der Waals surface area (Å²) in [4.78, 5) is 22.2. The molecule has 16 heavy (non-hydrogen) atoms. The predicted molar refractivity (Wildman–Crippen MR) is 58.5 cm³/mol. The molecule has 0 bridgehead atoms. The number of rotatable bonds is 5. The third kappa shape index (κ3) is 4.13. The fraction of sp³-hybridized carbons (Fsp3) is 0.545. The molecule has 1 atom stereocenters. The molecule has 5 heteroatoms. The maximum Gasteiger partial charge on any atom is 0.331 e. The highest BCUT2D eigenvalue weighted by Gasteiger charge is 2.15. The van der Waals surface area contributed by atoms with Crippen molar-refractivity contribution in [2.45, 2.75) is 39.7 Å². The smallest absolute Gasteiger partial charge is 0.331 e.